The number of rotatable bonds is 5. The number of hydrogen-bond acceptors (Lipinski definition) is 6. The summed E-state index contributed by atoms with van der Waals surface area (Å²) in [5, 5.41) is 7.65. The van der Waals surface area contributed by atoms with E-state index < -0.39 is 0 Å². The molecule has 8 heteroatoms. The normalized spacial score (nSPS) is 14.8. The lowest BCUT2D eigenvalue weighted by molar-refractivity contribution is 0.0944. The van der Waals surface area contributed by atoms with Gasteiger partial charge in [-0.15, -0.1) is 0 Å². The zero-order valence-electron chi connectivity index (χ0n) is 16.1. The summed E-state index contributed by atoms with van der Waals surface area (Å²) in [5.74, 6) is 1.61. The molecule has 0 atom stereocenters. The van der Waals surface area contributed by atoms with E-state index in [-0.39, 0.29) is 5.91 Å². The first kappa shape index (κ1) is 19.4. The smallest absolute Gasteiger partial charge is 0.257 e. The molecule has 7 nitrogen and oxygen atoms in total. The van der Waals surface area contributed by atoms with E-state index >= 15 is 0 Å². The zero-order chi connectivity index (χ0) is 20.2. The molecule has 1 aromatic carbocycles. The number of carbonyl (C=O) groups excluding carboxylic acids is 1. The average molecular weight is 412 g/mol. The Morgan fingerprint density at radius 1 is 1.28 bits per heavy atom. The van der Waals surface area contributed by atoms with Crippen molar-refractivity contribution < 1.29 is 9.32 Å². The molecular weight excluding hydrogens is 390 g/mol. The Balaban J connectivity index is 1.38. The van der Waals surface area contributed by atoms with Crippen molar-refractivity contribution in [3.05, 3.63) is 59.2 Å². The Bertz CT molecular complexity index is 984. The molecule has 1 fully saturated rings. The molecule has 1 aliphatic rings. The Morgan fingerprint density at radius 2 is 2.07 bits per heavy atom. The highest BCUT2D eigenvalue weighted by Gasteiger charge is 2.25. The number of hydrogen-bond donors (Lipinski definition) is 1. The quantitative estimate of drug-likeness (QED) is 0.688. The van der Waals surface area contributed by atoms with E-state index in [1.807, 2.05) is 18.2 Å². The minimum Gasteiger partial charge on any atom is -0.360 e. The molecule has 0 unspecified atom stereocenters. The predicted octanol–water partition coefficient (Wildman–Crippen LogP) is 3.74. The summed E-state index contributed by atoms with van der Waals surface area (Å²) >= 11 is 6.28. The molecule has 3 heterocycles. The van der Waals surface area contributed by atoms with Crippen LogP contribution < -0.4 is 10.2 Å². The van der Waals surface area contributed by atoms with Crippen molar-refractivity contribution in [3.8, 4) is 11.3 Å². The number of piperidine rings is 1. The largest absolute Gasteiger partial charge is 0.360 e. The van der Waals surface area contributed by atoms with Crippen molar-refractivity contribution in [2.75, 3.05) is 24.5 Å². The van der Waals surface area contributed by atoms with Gasteiger partial charge in [-0.1, -0.05) is 35.0 Å². The van der Waals surface area contributed by atoms with Crippen molar-refractivity contribution in [1.29, 1.82) is 0 Å². The van der Waals surface area contributed by atoms with Crippen molar-refractivity contribution in [3.63, 3.8) is 0 Å². The highest BCUT2D eigenvalue weighted by atomic mass is 35.5. The van der Waals surface area contributed by atoms with Crippen LogP contribution in [-0.2, 0) is 0 Å². The molecule has 29 heavy (non-hydrogen) atoms. The number of amides is 1. The topological polar surface area (TPSA) is 84.2 Å². The minimum atomic E-state index is -0.185. The van der Waals surface area contributed by atoms with E-state index in [0.29, 0.717) is 40.1 Å². The average Bonchev–Trinajstić information content (AvgIpc) is 3.14. The van der Waals surface area contributed by atoms with Crippen LogP contribution in [0.15, 0.2) is 47.4 Å². The summed E-state index contributed by atoms with van der Waals surface area (Å²) in [4.78, 5) is 23.6. The second kappa shape index (κ2) is 8.61. The molecule has 0 aliphatic carbocycles. The van der Waals surface area contributed by atoms with Crippen LogP contribution in [0, 0.1) is 12.8 Å². The van der Waals surface area contributed by atoms with Gasteiger partial charge in [-0.2, -0.15) is 0 Å². The first-order valence-corrected chi connectivity index (χ1v) is 10.0. The number of aryl methyl sites for hydroxylation is 1. The summed E-state index contributed by atoms with van der Waals surface area (Å²) in [7, 11) is 0. The summed E-state index contributed by atoms with van der Waals surface area (Å²) in [6.07, 6.45) is 7.13. The van der Waals surface area contributed by atoms with Gasteiger partial charge in [-0.3, -0.25) is 9.78 Å². The van der Waals surface area contributed by atoms with Crippen LogP contribution in [0.4, 0.5) is 5.82 Å². The Kier molecular flexibility index (Phi) is 5.76. The van der Waals surface area contributed by atoms with Crippen LogP contribution >= 0.6 is 11.6 Å². The van der Waals surface area contributed by atoms with Crippen molar-refractivity contribution in [1.82, 2.24) is 20.4 Å². The molecule has 3 aromatic rings. The first-order valence-electron chi connectivity index (χ1n) is 9.64. The maximum atomic E-state index is 12.9. The molecule has 1 aliphatic heterocycles. The van der Waals surface area contributed by atoms with Crippen LogP contribution in [-0.4, -0.2) is 40.7 Å². The molecule has 0 radical (unpaired) electrons. The van der Waals surface area contributed by atoms with Crippen LogP contribution in [0.5, 0.6) is 0 Å². The number of nitrogens with one attached hydrogen (secondary N) is 1. The summed E-state index contributed by atoms with van der Waals surface area (Å²) in [6.45, 7) is 4.15. The van der Waals surface area contributed by atoms with Gasteiger partial charge < -0.3 is 14.7 Å². The van der Waals surface area contributed by atoms with E-state index in [9.17, 15) is 4.79 Å². The molecule has 0 spiro atoms. The molecule has 0 bridgehead atoms. The molecule has 150 valence electrons. The Morgan fingerprint density at radius 3 is 2.79 bits per heavy atom. The van der Waals surface area contributed by atoms with Gasteiger partial charge in [0, 0.05) is 37.6 Å². The van der Waals surface area contributed by atoms with Gasteiger partial charge in [0.1, 0.15) is 22.8 Å². The number of halogens is 1. The first-order chi connectivity index (χ1) is 14.1. The third-order valence-corrected chi connectivity index (χ3v) is 5.59. The number of aromatic nitrogens is 3. The van der Waals surface area contributed by atoms with E-state index in [1.165, 1.54) is 0 Å². The molecule has 2 aromatic heterocycles. The lowest BCUT2D eigenvalue weighted by atomic mass is 9.96. The fourth-order valence-corrected chi connectivity index (χ4v) is 3.85. The molecule has 0 saturated carbocycles. The van der Waals surface area contributed by atoms with Crippen LogP contribution in [0.2, 0.25) is 5.02 Å². The number of anilines is 1. The zero-order valence-corrected chi connectivity index (χ0v) is 16.9. The number of benzene rings is 1. The SMILES string of the molecule is Cc1onc(-c2ccccc2Cl)c1C(=O)NCC1CCN(c2cnccn2)CC1. The maximum Gasteiger partial charge on any atom is 0.257 e. The molecule has 4 rings (SSSR count). The summed E-state index contributed by atoms with van der Waals surface area (Å²) < 4.78 is 5.29. The lowest BCUT2D eigenvalue weighted by Gasteiger charge is -2.32. The minimum absolute atomic E-state index is 0.185. The molecular formula is C21H22ClN5O2. The third-order valence-electron chi connectivity index (χ3n) is 5.26. The van der Waals surface area contributed by atoms with Crippen molar-refractivity contribution in [2.24, 2.45) is 5.92 Å². The van der Waals surface area contributed by atoms with E-state index in [4.69, 9.17) is 16.1 Å². The Hall–Kier alpha value is -2.93. The molecule has 1 saturated heterocycles. The van der Waals surface area contributed by atoms with E-state index in [1.54, 1.807) is 31.6 Å². The van der Waals surface area contributed by atoms with E-state index in [0.717, 1.165) is 31.7 Å². The maximum absolute atomic E-state index is 12.9. The number of nitrogens with zero attached hydrogens (tertiary/aromatic N) is 4. The van der Waals surface area contributed by atoms with Gasteiger partial charge in [0.25, 0.3) is 5.91 Å². The highest BCUT2D eigenvalue weighted by molar-refractivity contribution is 6.33. The monoisotopic (exact) mass is 411 g/mol. The summed E-state index contributed by atoms with van der Waals surface area (Å²) in [6, 6.07) is 7.30. The van der Waals surface area contributed by atoms with E-state index in [2.05, 4.69) is 25.3 Å². The van der Waals surface area contributed by atoms with Crippen molar-refractivity contribution in [2.45, 2.75) is 19.8 Å². The Labute approximate surface area is 174 Å². The summed E-state index contributed by atoms with van der Waals surface area (Å²) in [5.41, 5.74) is 1.60. The van der Waals surface area contributed by atoms with Gasteiger partial charge in [0.2, 0.25) is 0 Å². The standard InChI is InChI=1S/C21H22ClN5O2/c1-14-19(20(26-29-14)16-4-2-3-5-17(16)22)21(28)25-12-15-6-10-27(11-7-15)18-13-23-8-9-24-18/h2-5,8-9,13,15H,6-7,10-12H2,1H3,(H,25,28). The second-order valence-electron chi connectivity index (χ2n) is 7.15. The second-order valence-corrected chi connectivity index (χ2v) is 7.55. The lowest BCUT2D eigenvalue weighted by Crippen LogP contribution is -2.39. The van der Waals surface area contributed by atoms with Gasteiger partial charge in [0.05, 0.1) is 11.2 Å². The fourth-order valence-electron chi connectivity index (χ4n) is 3.62. The molecule has 1 amide bonds. The highest BCUT2D eigenvalue weighted by Crippen LogP contribution is 2.31. The van der Waals surface area contributed by atoms with Crippen LogP contribution in [0.25, 0.3) is 11.3 Å². The van der Waals surface area contributed by atoms with Crippen LogP contribution in [0.3, 0.4) is 0 Å². The predicted molar refractivity (Wildman–Crippen MR) is 111 cm³/mol. The van der Waals surface area contributed by atoms with Gasteiger partial charge in [-0.05, 0) is 31.7 Å². The molecule has 1 N–H and O–H groups in total. The fraction of sp³-hybridized carbons (Fsp3) is 0.333. The van der Waals surface area contributed by atoms with Gasteiger partial charge in [0.15, 0.2) is 0 Å². The van der Waals surface area contributed by atoms with Gasteiger partial charge in [-0.25, -0.2) is 4.98 Å². The third kappa shape index (κ3) is 4.24. The number of carbonyl (C=O) groups is 1. The van der Waals surface area contributed by atoms with Gasteiger partial charge >= 0.3 is 0 Å². The van der Waals surface area contributed by atoms with Crippen LogP contribution in [0.1, 0.15) is 29.0 Å². The van der Waals surface area contributed by atoms with Crippen molar-refractivity contribution >= 4 is 23.3 Å².